The van der Waals surface area contributed by atoms with Gasteiger partial charge in [0.05, 0.1) is 0 Å². The molecule has 0 fully saturated rings. The van der Waals surface area contributed by atoms with Crippen molar-refractivity contribution in [2.24, 2.45) is 4.99 Å². The highest BCUT2D eigenvalue weighted by molar-refractivity contribution is 9.10. The fraction of sp³-hybridized carbons (Fsp3) is 0.111. The van der Waals surface area contributed by atoms with E-state index in [9.17, 15) is 4.79 Å². The fourth-order valence-electron chi connectivity index (χ4n) is 2.53. The molecule has 2 aliphatic heterocycles. The number of hydrogen-bond donors (Lipinski definition) is 0. The van der Waals surface area contributed by atoms with Gasteiger partial charge in [0, 0.05) is 10.0 Å². The molecule has 2 aromatic carbocycles. The van der Waals surface area contributed by atoms with Crippen molar-refractivity contribution in [1.29, 1.82) is 0 Å². The van der Waals surface area contributed by atoms with Gasteiger partial charge < -0.3 is 14.2 Å². The van der Waals surface area contributed by atoms with E-state index in [-0.39, 0.29) is 12.5 Å². The summed E-state index contributed by atoms with van der Waals surface area (Å²) in [6.45, 7) is 2.14. The molecule has 4 rings (SSSR count). The Morgan fingerprint density at radius 3 is 2.71 bits per heavy atom. The number of rotatable bonds is 2. The predicted molar refractivity (Wildman–Crippen MR) is 92.1 cm³/mol. The Labute approximate surface area is 146 Å². The third-order valence-corrected chi connectivity index (χ3v) is 4.47. The summed E-state index contributed by atoms with van der Waals surface area (Å²) in [7, 11) is 0. The van der Waals surface area contributed by atoms with Crippen molar-refractivity contribution >= 4 is 33.9 Å². The van der Waals surface area contributed by atoms with Crippen molar-refractivity contribution in [2.75, 3.05) is 6.79 Å². The number of carbonyl (C=O) groups is 1. The van der Waals surface area contributed by atoms with Gasteiger partial charge in [-0.25, -0.2) is 9.79 Å². The van der Waals surface area contributed by atoms with Crippen molar-refractivity contribution < 1.29 is 19.0 Å². The van der Waals surface area contributed by atoms with E-state index < -0.39 is 5.97 Å². The average molecular weight is 386 g/mol. The Bertz CT molecular complexity index is 917. The second-order valence-electron chi connectivity index (χ2n) is 5.38. The van der Waals surface area contributed by atoms with E-state index in [1.165, 1.54) is 0 Å². The second kappa shape index (κ2) is 5.79. The molecule has 2 heterocycles. The van der Waals surface area contributed by atoms with Crippen LogP contribution >= 0.6 is 15.9 Å². The van der Waals surface area contributed by atoms with Gasteiger partial charge in [0.25, 0.3) is 0 Å². The molecule has 2 aliphatic rings. The van der Waals surface area contributed by atoms with Crippen molar-refractivity contribution in [3.8, 4) is 11.5 Å². The number of aliphatic imine (C=N–C) groups is 1. The molecule has 0 N–H and O–H groups in total. The van der Waals surface area contributed by atoms with Gasteiger partial charge >= 0.3 is 5.97 Å². The monoisotopic (exact) mass is 385 g/mol. The van der Waals surface area contributed by atoms with E-state index in [0.717, 1.165) is 21.2 Å². The van der Waals surface area contributed by atoms with Gasteiger partial charge in [-0.1, -0.05) is 34.1 Å². The minimum absolute atomic E-state index is 0.194. The van der Waals surface area contributed by atoms with E-state index in [1.807, 2.05) is 31.2 Å². The van der Waals surface area contributed by atoms with Crippen molar-refractivity contribution in [2.45, 2.75) is 6.92 Å². The Morgan fingerprint density at radius 2 is 1.92 bits per heavy atom. The first-order valence-corrected chi connectivity index (χ1v) is 8.09. The number of aryl methyl sites for hydroxylation is 1. The van der Waals surface area contributed by atoms with Gasteiger partial charge in [-0.3, -0.25) is 0 Å². The minimum Gasteiger partial charge on any atom is -0.454 e. The van der Waals surface area contributed by atoms with Gasteiger partial charge in [0.2, 0.25) is 12.7 Å². The SMILES string of the molecule is Cc1ccccc1C1=N/C(=C/c2cc3c(cc2Br)OCO3)C(=O)O1. The van der Waals surface area contributed by atoms with E-state index in [2.05, 4.69) is 20.9 Å². The highest BCUT2D eigenvalue weighted by Crippen LogP contribution is 2.38. The molecule has 0 aromatic heterocycles. The average Bonchev–Trinajstić information content (AvgIpc) is 3.15. The molecule has 0 unspecified atom stereocenters. The lowest BCUT2D eigenvalue weighted by atomic mass is 10.1. The van der Waals surface area contributed by atoms with Crippen molar-refractivity contribution in [3.05, 3.63) is 63.3 Å². The van der Waals surface area contributed by atoms with Crippen molar-refractivity contribution in [1.82, 2.24) is 0 Å². The topological polar surface area (TPSA) is 57.1 Å². The van der Waals surface area contributed by atoms with Crippen LogP contribution in [-0.2, 0) is 9.53 Å². The number of ether oxygens (including phenoxy) is 3. The molecule has 0 aliphatic carbocycles. The Balaban J connectivity index is 1.73. The van der Waals surface area contributed by atoms with E-state index in [4.69, 9.17) is 14.2 Å². The zero-order valence-corrected chi connectivity index (χ0v) is 14.3. The fourth-order valence-corrected chi connectivity index (χ4v) is 2.96. The summed E-state index contributed by atoms with van der Waals surface area (Å²) in [5.41, 5.74) is 2.81. The Morgan fingerprint density at radius 1 is 1.17 bits per heavy atom. The first-order chi connectivity index (χ1) is 11.6. The van der Waals surface area contributed by atoms with Crippen LogP contribution in [0.15, 0.2) is 51.6 Å². The van der Waals surface area contributed by atoms with E-state index in [0.29, 0.717) is 17.4 Å². The number of halogens is 1. The summed E-state index contributed by atoms with van der Waals surface area (Å²) in [5, 5.41) is 0. The molecular weight excluding hydrogens is 374 g/mol. The zero-order valence-electron chi connectivity index (χ0n) is 12.7. The van der Waals surface area contributed by atoms with Crippen molar-refractivity contribution in [3.63, 3.8) is 0 Å². The molecule has 0 saturated carbocycles. The normalized spacial score (nSPS) is 17.2. The first kappa shape index (κ1) is 15.0. The molecule has 0 saturated heterocycles. The summed E-state index contributed by atoms with van der Waals surface area (Å²) in [4.78, 5) is 16.5. The van der Waals surface area contributed by atoms with Gasteiger partial charge in [0.15, 0.2) is 17.2 Å². The maximum Gasteiger partial charge on any atom is 0.363 e. The lowest BCUT2D eigenvalue weighted by Gasteiger charge is -2.02. The van der Waals surface area contributed by atoms with Crippen LogP contribution in [0.1, 0.15) is 16.7 Å². The largest absolute Gasteiger partial charge is 0.454 e. The van der Waals surface area contributed by atoms with Crippen LogP contribution in [0.2, 0.25) is 0 Å². The van der Waals surface area contributed by atoms with Gasteiger partial charge in [-0.15, -0.1) is 0 Å². The predicted octanol–water partition coefficient (Wildman–Crippen LogP) is 3.83. The van der Waals surface area contributed by atoms with Gasteiger partial charge in [-0.05, 0) is 42.3 Å². The summed E-state index contributed by atoms with van der Waals surface area (Å²) in [5.74, 6) is 1.15. The van der Waals surface area contributed by atoms with Crippen LogP contribution in [0, 0.1) is 6.92 Å². The molecule has 0 atom stereocenters. The molecular formula is C18H12BrNO4. The van der Waals surface area contributed by atoms with E-state index >= 15 is 0 Å². The standard InChI is InChI=1S/C18H12BrNO4/c1-10-4-2-3-5-12(10)17-20-14(18(21)24-17)6-11-7-15-16(8-13(11)19)23-9-22-15/h2-8H,9H2,1H3/b14-6+. The van der Waals surface area contributed by atoms with Crippen LogP contribution in [0.3, 0.4) is 0 Å². The first-order valence-electron chi connectivity index (χ1n) is 7.29. The molecule has 6 heteroatoms. The molecule has 120 valence electrons. The number of carbonyl (C=O) groups excluding carboxylic acids is 1. The molecule has 0 spiro atoms. The third kappa shape index (κ3) is 2.59. The van der Waals surface area contributed by atoms with Crippen LogP contribution in [0.25, 0.3) is 6.08 Å². The third-order valence-electron chi connectivity index (χ3n) is 3.78. The summed E-state index contributed by atoms with van der Waals surface area (Å²) in [6, 6.07) is 11.2. The zero-order chi connectivity index (χ0) is 16.7. The maximum absolute atomic E-state index is 12.1. The Kier molecular flexibility index (Phi) is 3.61. The maximum atomic E-state index is 12.1. The number of cyclic esters (lactones) is 1. The second-order valence-corrected chi connectivity index (χ2v) is 6.23. The quantitative estimate of drug-likeness (QED) is 0.582. The number of hydrogen-bond acceptors (Lipinski definition) is 5. The van der Waals surface area contributed by atoms with Crippen LogP contribution in [0.4, 0.5) is 0 Å². The molecule has 24 heavy (non-hydrogen) atoms. The molecule has 2 aromatic rings. The summed E-state index contributed by atoms with van der Waals surface area (Å²) in [6.07, 6.45) is 1.67. The highest BCUT2D eigenvalue weighted by Gasteiger charge is 2.25. The van der Waals surface area contributed by atoms with Gasteiger partial charge in [0.1, 0.15) is 0 Å². The minimum atomic E-state index is -0.474. The van der Waals surface area contributed by atoms with Crippen LogP contribution < -0.4 is 9.47 Å². The van der Waals surface area contributed by atoms with Gasteiger partial charge in [-0.2, -0.15) is 0 Å². The van der Waals surface area contributed by atoms with E-state index in [1.54, 1.807) is 18.2 Å². The lowest BCUT2D eigenvalue weighted by Crippen LogP contribution is -2.06. The van der Waals surface area contributed by atoms with Crippen LogP contribution in [-0.4, -0.2) is 18.7 Å². The Hall–Kier alpha value is -2.60. The number of esters is 1. The number of fused-ring (bicyclic) bond motifs is 1. The lowest BCUT2D eigenvalue weighted by molar-refractivity contribution is -0.129. The molecule has 5 nitrogen and oxygen atoms in total. The molecule has 0 bridgehead atoms. The summed E-state index contributed by atoms with van der Waals surface area (Å²) >= 11 is 3.47. The summed E-state index contributed by atoms with van der Waals surface area (Å²) < 4.78 is 16.8. The highest BCUT2D eigenvalue weighted by atomic mass is 79.9. The number of nitrogens with zero attached hydrogens (tertiary/aromatic N) is 1. The molecule has 0 radical (unpaired) electrons. The number of benzene rings is 2. The smallest absolute Gasteiger partial charge is 0.363 e. The van der Waals surface area contributed by atoms with Crippen LogP contribution in [0.5, 0.6) is 11.5 Å². The molecule has 0 amide bonds.